The molecule has 0 amide bonds. The molecular formula is C13H25NO5. The highest BCUT2D eigenvalue weighted by molar-refractivity contribution is 5.80. The zero-order valence-corrected chi connectivity index (χ0v) is 11.8. The molecule has 0 aromatic carbocycles. The van der Waals surface area contributed by atoms with Crippen LogP contribution in [-0.2, 0) is 19.0 Å². The van der Waals surface area contributed by atoms with Gasteiger partial charge in [-0.25, -0.2) is 0 Å². The standard InChI is InChI=1S/C13H25NO5/c1-14-13(12(15)16,11-4-5-11)10-19-9-8-18-7-3-6-17-2/h11,14H,3-10H2,1-2H3,(H,15,16). The molecule has 1 unspecified atom stereocenters. The third-order valence-electron chi connectivity index (χ3n) is 3.44. The fraction of sp³-hybridized carbons (Fsp3) is 0.923. The summed E-state index contributed by atoms with van der Waals surface area (Å²) >= 11 is 0. The molecule has 1 rings (SSSR count). The third-order valence-corrected chi connectivity index (χ3v) is 3.44. The number of rotatable bonds is 12. The highest BCUT2D eigenvalue weighted by Gasteiger charge is 2.50. The van der Waals surface area contributed by atoms with E-state index >= 15 is 0 Å². The van der Waals surface area contributed by atoms with Crippen molar-refractivity contribution >= 4 is 5.97 Å². The van der Waals surface area contributed by atoms with Crippen LogP contribution in [0.15, 0.2) is 0 Å². The summed E-state index contributed by atoms with van der Waals surface area (Å²) < 4.78 is 15.7. The number of aliphatic carboxylic acids is 1. The maximum absolute atomic E-state index is 11.4. The number of hydrogen-bond donors (Lipinski definition) is 2. The predicted molar refractivity (Wildman–Crippen MR) is 70.3 cm³/mol. The van der Waals surface area contributed by atoms with Crippen molar-refractivity contribution in [1.82, 2.24) is 5.32 Å². The molecule has 1 fully saturated rings. The van der Waals surface area contributed by atoms with E-state index in [1.54, 1.807) is 14.2 Å². The topological polar surface area (TPSA) is 77.0 Å². The van der Waals surface area contributed by atoms with E-state index in [0.29, 0.717) is 26.4 Å². The van der Waals surface area contributed by atoms with Crippen molar-refractivity contribution < 1.29 is 24.1 Å². The molecule has 19 heavy (non-hydrogen) atoms. The molecule has 1 saturated carbocycles. The lowest BCUT2D eigenvalue weighted by atomic mass is 9.95. The van der Waals surface area contributed by atoms with Crippen LogP contribution in [-0.4, -0.2) is 63.8 Å². The van der Waals surface area contributed by atoms with E-state index < -0.39 is 11.5 Å². The van der Waals surface area contributed by atoms with Gasteiger partial charge in [0.05, 0.1) is 19.8 Å². The highest BCUT2D eigenvalue weighted by Crippen LogP contribution is 2.40. The van der Waals surface area contributed by atoms with Crippen LogP contribution in [0, 0.1) is 5.92 Å². The van der Waals surface area contributed by atoms with E-state index in [9.17, 15) is 9.90 Å². The molecule has 2 N–H and O–H groups in total. The Balaban J connectivity index is 2.14. The molecule has 1 aliphatic carbocycles. The van der Waals surface area contributed by atoms with Crippen molar-refractivity contribution in [2.24, 2.45) is 5.92 Å². The van der Waals surface area contributed by atoms with E-state index in [0.717, 1.165) is 19.3 Å². The number of likely N-dealkylation sites (N-methyl/N-ethyl adjacent to an activating group) is 1. The molecule has 0 aliphatic heterocycles. The molecule has 0 aromatic rings. The predicted octanol–water partition coefficient (Wildman–Crippen LogP) is 0.509. The Bertz CT molecular complexity index is 270. The smallest absolute Gasteiger partial charge is 0.326 e. The van der Waals surface area contributed by atoms with Crippen LogP contribution in [0.2, 0.25) is 0 Å². The second-order valence-electron chi connectivity index (χ2n) is 4.81. The van der Waals surface area contributed by atoms with Crippen molar-refractivity contribution in [3.05, 3.63) is 0 Å². The first kappa shape index (κ1) is 16.4. The SMILES string of the molecule is CNC(COCCOCCCOC)(C(=O)O)C1CC1. The van der Waals surface area contributed by atoms with Gasteiger partial charge in [0, 0.05) is 20.3 Å². The van der Waals surface area contributed by atoms with Gasteiger partial charge in [0.1, 0.15) is 5.54 Å². The van der Waals surface area contributed by atoms with Crippen LogP contribution in [0.25, 0.3) is 0 Å². The van der Waals surface area contributed by atoms with Crippen molar-refractivity contribution in [2.75, 3.05) is 47.2 Å². The number of hydrogen-bond acceptors (Lipinski definition) is 5. The Morgan fingerprint density at radius 1 is 1.26 bits per heavy atom. The lowest BCUT2D eigenvalue weighted by Gasteiger charge is -2.28. The number of carboxylic acid groups (broad SMARTS) is 1. The maximum Gasteiger partial charge on any atom is 0.326 e. The van der Waals surface area contributed by atoms with E-state index in [2.05, 4.69) is 5.32 Å². The monoisotopic (exact) mass is 275 g/mol. The fourth-order valence-corrected chi connectivity index (χ4v) is 2.07. The van der Waals surface area contributed by atoms with Gasteiger partial charge < -0.3 is 24.6 Å². The lowest BCUT2D eigenvalue weighted by molar-refractivity contribution is -0.149. The van der Waals surface area contributed by atoms with Gasteiger partial charge in [-0.1, -0.05) is 0 Å². The van der Waals surface area contributed by atoms with Gasteiger partial charge >= 0.3 is 5.97 Å². The van der Waals surface area contributed by atoms with Crippen LogP contribution >= 0.6 is 0 Å². The Kier molecular flexibility index (Phi) is 7.30. The minimum atomic E-state index is -0.934. The number of carboxylic acids is 1. The van der Waals surface area contributed by atoms with Gasteiger partial charge in [-0.15, -0.1) is 0 Å². The van der Waals surface area contributed by atoms with Crippen molar-refractivity contribution in [3.63, 3.8) is 0 Å². The number of methoxy groups -OCH3 is 1. The van der Waals surface area contributed by atoms with Gasteiger partial charge in [-0.05, 0) is 32.2 Å². The Labute approximate surface area is 114 Å². The second-order valence-corrected chi connectivity index (χ2v) is 4.81. The Morgan fingerprint density at radius 3 is 2.47 bits per heavy atom. The summed E-state index contributed by atoms with van der Waals surface area (Å²) in [6, 6.07) is 0. The molecule has 0 spiro atoms. The van der Waals surface area contributed by atoms with Crippen LogP contribution in [0.5, 0.6) is 0 Å². The molecule has 0 radical (unpaired) electrons. The third kappa shape index (κ3) is 5.06. The summed E-state index contributed by atoms with van der Waals surface area (Å²) in [5.41, 5.74) is -0.934. The lowest BCUT2D eigenvalue weighted by Crippen LogP contribution is -2.56. The summed E-state index contributed by atoms with van der Waals surface area (Å²) in [4.78, 5) is 11.4. The van der Waals surface area contributed by atoms with Crippen molar-refractivity contribution in [3.8, 4) is 0 Å². The number of nitrogens with one attached hydrogen (secondary N) is 1. The highest BCUT2D eigenvalue weighted by atomic mass is 16.5. The second kappa shape index (κ2) is 8.47. The summed E-state index contributed by atoms with van der Waals surface area (Å²) in [5.74, 6) is -0.656. The fourth-order valence-electron chi connectivity index (χ4n) is 2.07. The average Bonchev–Trinajstić information content (AvgIpc) is 3.22. The molecule has 0 bridgehead atoms. The molecule has 6 heteroatoms. The molecule has 6 nitrogen and oxygen atoms in total. The molecule has 0 saturated heterocycles. The van der Waals surface area contributed by atoms with Crippen LogP contribution in [0.3, 0.4) is 0 Å². The number of carbonyl (C=O) groups is 1. The minimum Gasteiger partial charge on any atom is -0.480 e. The summed E-state index contributed by atoms with van der Waals surface area (Å²) in [6.07, 6.45) is 2.75. The first-order valence-corrected chi connectivity index (χ1v) is 6.74. The molecule has 0 aromatic heterocycles. The Morgan fingerprint density at radius 2 is 1.95 bits per heavy atom. The quantitative estimate of drug-likeness (QED) is 0.505. The summed E-state index contributed by atoms with van der Waals surface area (Å²) in [7, 11) is 3.33. The van der Waals surface area contributed by atoms with Gasteiger partial charge in [-0.3, -0.25) is 4.79 Å². The largest absolute Gasteiger partial charge is 0.480 e. The normalized spacial score (nSPS) is 18.2. The van der Waals surface area contributed by atoms with Crippen LogP contribution in [0.4, 0.5) is 0 Å². The minimum absolute atomic E-state index is 0.178. The summed E-state index contributed by atoms with van der Waals surface area (Å²) in [6.45, 7) is 2.40. The summed E-state index contributed by atoms with van der Waals surface area (Å²) in [5, 5.41) is 12.3. The van der Waals surface area contributed by atoms with Crippen molar-refractivity contribution in [1.29, 1.82) is 0 Å². The zero-order valence-electron chi connectivity index (χ0n) is 11.8. The van der Waals surface area contributed by atoms with E-state index in [4.69, 9.17) is 14.2 Å². The molecule has 1 atom stereocenters. The zero-order chi connectivity index (χ0) is 14.1. The maximum atomic E-state index is 11.4. The van der Waals surface area contributed by atoms with Gasteiger partial charge in [-0.2, -0.15) is 0 Å². The van der Waals surface area contributed by atoms with Crippen LogP contribution < -0.4 is 5.32 Å². The van der Waals surface area contributed by atoms with E-state index in [1.165, 1.54) is 0 Å². The van der Waals surface area contributed by atoms with E-state index in [1.807, 2.05) is 0 Å². The van der Waals surface area contributed by atoms with Crippen molar-refractivity contribution in [2.45, 2.75) is 24.8 Å². The van der Waals surface area contributed by atoms with Gasteiger partial charge in [0.15, 0.2) is 0 Å². The Hall–Kier alpha value is -0.690. The first-order valence-electron chi connectivity index (χ1n) is 6.74. The van der Waals surface area contributed by atoms with Crippen LogP contribution in [0.1, 0.15) is 19.3 Å². The first-order chi connectivity index (χ1) is 9.17. The number of ether oxygens (including phenoxy) is 3. The molecule has 0 heterocycles. The average molecular weight is 275 g/mol. The molecule has 112 valence electrons. The molecule has 1 aliphatic rings. The van der Waals surface area contributed by atoms with Gasteiger partial charge in [0.2, 0.25) is 0 Å². The van der Waals surface area contributed by atoms with Gasteiger partial charge in [0.25, 0.3) is 0 Å². The van der Waals surface area contributed by atoms with E-state index in [-0.39, 0.29) is 12.5 Å². The molecular weight excluding hydrogens is 250 g/mol.